The molecule has 7 aliphatic rings. The number of aliphatic carboxylic acids is 1. The Hall–Kier alpha value is -1.24. The zero-order chi connectivity index (χ0) is 35.3. The maximum atomic E-state index is 13.9. The highest BCUT2D eigenvalue weighted by Crippen LogP contribution is 2.76. The molecular weight excluding hydrogens is 613 g/mol. The zero-order valence-electron chi connectivity index (χ0n) is 31.7. The molecule has 0 saturated heterocycles. The first-order valence-electron chi connectivity index (χ1n) is 20.3. The average molecular weight is 682 g/mol. The molecular formula is C43H68FNO4. The molecule has 5 saturated carbocycles. The van der Waals surface area contributed by atoms with Crippen LogP contribution in [0.1, 0.15) is 157 Å². The fourth-order valence-corrected chi connectivity index (χ4v) is 14.6. The number of hydrogen-bond donors (Lipinski definition) is 4. The van der Waals surface area contributed by atoms with Crippen LogP contribution in [0, 0.1) is 50.7 Å². The van der Waals surface area contributed by atoms with E-state index in [1.807, 2.05) is 6.92 Å². The summed E-state index contributed by atoms with van der Waals surface area (Å²) >= 11 is 0. The van der Waals surface area contributed by atoms with Crippen LogP contribution >= 0.6 is 0 Å². The summed E-state index contributed by atoms with van der Waals surface area (Å²) in [5, 5.41) is 35.8. The molecule has 9 atom stereocenters. The van der Waals surface area contributed by atoms with E-state index in [1.165, 1.54) is 68.9 Å². The maximum Gasteiger partial charge on any atom is 0.312 e. The third kappa shape index (κ3) is 5.40. The fraction of sp³-hybridized carbons (Fsp3) is 0.884. The number of alkyl halides is 1. The summed E-state index contributed by atoms with van der Waals surface area (Å²) in [6.07, 6.45) is 22.3. The van der Waals surface area contributed by atoms with Gasteiger partial charge in [-0.2, -0.15) is 0 Å². The summed E-state index contributed by atoms with van der Waals surface area (Å²) in [5.74, 6) is 1.73. The Balaban J connectivity index is 1.09. The molecule has 0 aliphatic heterocycles. The molecule has 0 heterocycles. The van der Waals surface area contributed by atoms with Gasteiger partial charge >= 0.3 is 5.97 Å². The molecule has 0 aromatic carbocycles. The Morgan fingerprint density at radius 2 is 1.53 bits per heavy atom. The summed E-state index contributed by atoms with van der Waals surface area (Å²) in [4.78, 5) is 11.9. The van der Waals surface area contributed by atoms with Gasteiger partial charge in [-0.1, -0.05) is 53.2 Å². The van der Waals surface area contributed by atoms with Gasteiger partial charge in [0.15, 0.2) is 0 Å². The lowest BCUT2D eigenvalue weighted by molar-refractivity contribution is -0.218. The topological polar surface area (TPSA) is 89.8 Å². The maximum absolute atomic E-state index is 13.9. The highest BCUT2D eigenvalue weighted by Gasteiger charge is 2.69. The number of carbonyl (C=O) groups is 1. The van der Waals surface area contributed by atoms with Crippen LogP contribution in [0.25, 0.3) is 0 Å². The largest absolute Gasteiger partial charge is 0.481 e. The molecule has 276 valence electrons. The van der Waals surface area contributed by atoms with Crippen LogP contribution in [0.15, 0.2) is 23.3 Å². The monoisotopic (exact) mass is 682 g/mol. The molecule has 0 aromatic heterocycles. The summed E-state index contributed by atoms with van der Waals surface area (Å²) in [7, 11) is 0. The second-order valence-electron chi connectivity index (χ2n) is 20.4. The zero-order valence-corrected chi connectivity index (χ0v) is 31.7. The Kier molecular flexibility index (Phi) is 8.77. The van der Waals surface area contributed by atoms with E-state index in [2.05, 4.69) is 52.1 Å². The molecule has 0 bridgehead atoms. The molecule has 4 N–H and O–H groups in total. The van der Waals surface area contributed by atoms with E-state index in [0.717, 1.165) is 25.3 Å². The van der Waals surface area contributed by atoms with Crippen LogP contribution in [-0.4, -0.2) is 51.2 Å². The first-order chi connectivity index (χ1) is 22.9. The van der Waals surface area contributed by atoms with Crippen LogP contribution < -0.4 is 5.32 Å². The van der Waals surface area contributed by atoms with Crippen molar-refractivity contribution in [3.8, 4) is 0 Å². The van der Waals surface area contributed by atoms with E-state index in [4.69, 9.17) is 0 Å². The Bertz CT molecular complexity index is 1380. The van der Waals surface area contributed by atoms with Crippen molar-refractivity contribution in [1.29, 1.82) is 0 Å². The van der Waals surface area contributed by atoms with Crippen LogP contribution in [-0.2, 0) is 4.79 Å². The number of carboxylic acid groups (broad SMARTS) is 1. The summed E-state index contributed by atoms with van der Waals surface area (Å²) in [5.41, 5.74) is 1.26. The minimum Gasteiger partial charge on any atom is -0.481 e. The number of aliphatic hydroxyl groups is 2. The van der Waals surface area contributed by atoms with Crippen molar-refractivity contribution in [2.75, 3.05) is 13.2 Å². The van der Waals surface area contributed by atoms with Gasteiger partial charge in [0, 0.05) is 5.54 Å². The third-order valence-electron chi connectivity index (χ3n) is 17.9. The van der Waals surface area contributed by atoms with Crippen LogP contribution in [0.2, 0.25) is 0 Å². The van der Waals surface area contributed by atoms with Crippen molar-refractivity contribution >= 4 is 5.97 Å². The molecule has 0 aromatic rings. The smallest absolute Gasteiger partial charge is 0.312 e. The van der Waals surface area contributed by atoms with Gasteiger partial charge < -0.3 is 20.6 Å². The van der Waals surface area contributed by atoms with Gasteiger partial charge in [0.2, 0.25) is 0 Å². The van der Waals surface area contributed by atoms with E-state index in [0.29, 0.717) is 73.5 Å². The average Bonchev–Trinajstić information content (AvgIpc) is 3.47. The molecule has 7 aliphatic carbocycles. The minimum atomic E-state index is -1.25. The molecule has 0 amide bonds. The fourth-order valence-electron chi connectivity index (χ4n) is 14.6. The van der Waals surface area contributed by atoms with Crippen molar-refractivity contribution in [3.05, 3.63) is 23.3 Å². The molecule has 0 unspecified atom stereocenters. The number of halogens is 1. The lowest BCUT2D eigenvalue weighted by atomic mass is 9.33. The van der Waals surface area contributed by atoms with E-state index in [1.54, 1.807) is 0 Å². The predicted molar refractivity (Wildman–Crippen MR) is 194 cm³/mol. The van der Waals surface area contributed by atoms with Crippen LogP contribution in [0.5, 0.6) is 0 Å². The normalized spacial score (nSPS) is 50.6. The van der Waals surface area contributed by atoms with Gasteiger partial charge in [-0.3, -0.25) is 4.79 Å². The summed E-state index contributed by atoms with van der Waals surface area (Å²) in [6, 6.07) is 0. The highest BCUT2D eigenvalue weighted by atomic mass is 19.1. The van der Waals surface area contributed by atoms with E-state index in [9.17, 15) is 24.5 Å². The molecule has 5 nitrogen and oxygen atoms in total. The number of nitrogens with one attached hydrogen (secondary N) is 1. The predicted octanol–water partition coefficient (Wildman–Crippen LogP) is 9.32. The van der Waals surface area contributed by atoms with Gasteiger partial charge in [-0.15, -0.1) is 0 Å². The number of rotatable bonds is 7. The van der Waals surface area contributed by atoms with Crippen molar-refractivity contribution in [2.45, 2.75) is 174 Å². The molecule has 5 fully saturated rings. The Morgan fingerprint density at radius 1 is 0.796 bits per heavy atom. The molecule has 0 spiro atoms. The van der Waals surface area contributed by atoms with Crippen LogP contribution in [0.4, 0.5) is 4.39 Å². The van der Waals surface area contributed by atoms with Crippen molar-refractivity contribution in [1.82, 2.24) is 5.32 Å². The number of allylic oxidation sites excluding steroid dienone is 4. The molecule has 7 rings (SSSR count). The molecule has 0 radical (unpaired) electrons. The van der Waals surface area contributed by atoms with Gasteiger partial charge in [0.25, 0.3) is 0 Å². The van der Waals surface area contributed by atoms with Gasteiger partial charge in [0.05, 0.1) is 16.6 Å². The van der Waals surface area contributed by atoms with Gasteiger partial charge in [-0.05, 0) is 179 Å². The summed E-state index contributed by atoms with van der Waals surface area (Å²) < 4.78 is 13.9. The lowest BCUT2D eigenvalue weighted by Gasteiger charge is -2.72. The van der Waals surface area contributed by atoms with Gasteiger partial charge in [0.1, 0.15) is 6.67 Å². The first-order valence-corrected chi connectivity index (χ1v) is 20.3. The Labute approximate surface area is 296 Å². The standard InChI is InChI=1S/C43H68FNO4/c1-36(2)30(29-11-18-41(28-44,19-12-29)35(46)47)13-16-38(4)33(36)14-17-40(6)34(38)10-9-31-32-8-7-15-43(32,25-22-39(31,40)5)45-27-26-42(49)23-20-37(3,48)21-24-42/h11,13,31-34,45,48-49H,7-10,12,14-28H2,1-6H3,(H,46,47)/t31-,32-,33+,34-,37-,38+,39-,40-,41+,42+,43+/m1/s1. The van der Waals surface area contributed by atoms with E-state index in [-0.39, 0.29) is 16.4 Å². The SMILES string of the molecule is CC1(C)C(C2=CC[C@](CF)(C(=O)O)CC2)=CC[C@]2(C)[C@H]3CC[C@@H]4[C@H]5CCC[C@]5(NCC[C@]5(O)CC[C@@](C)(O)CC5)CC[C@@]4(C)[C@]3(C)CC[C@@H]12. The lowest BCUT2D eigenvalue weighted by Crippen LogP contribution is -2.67. The van der Waals surface area contributed by atoms with E-state index >= 15 is 0 Å². The molecule has 49 heavy (non-hydrogen) atoms. The first kappa shape index (κ1) is 36.1. The van der Waals surface area contributed by atoms with Crippen LogP contribution in [0.3, 0.4) is 0 Å². The molecule has 6 heteroatoms. The van der Waals surface area contributed by atoms with Crippen molar-refractivity contribution in [2.24, 2.45) is 50.7 Å². The number of fused-ring (bicyclic) bond motifs is 7. The number of hydrogen-bond acceptors (Lipinski definition) is 4. The van der Waals surface area contributed by atoms with Crippen molar-refractivity contribution < 1.29 is 24.5 Å². The Morgan fingerprint density at radius 3 is 2.18 bits per heavy atom. The summed E-state index contributed by atoms with van der Waals surface area (Å²) in [6.45, 7) is 14.9. The van der Waals surface area contributed by atoms with Crippen molar-refractivity contribution in [3.63, 3.8) is 0 Å². The quantitative estimate of drug-likeness (QED) is 0.215. The second-order valence-corrected chi connectivity index (χ2v) is 20.4. The minimum absolute atomic E-state index is 0.00610. The number of carboxylic acids is 1. The van der Waals surface area contributed by atoms with E-state index < -0.39 is 29.3 Å². The second kappa shape index (κ2) is 11.9. The highest BCUT2D eigenvalue weighted by molar-refractivity contribution is 5.75. The van der Waals surface area contributed by atoms with Gasteiger partial charge in [-0.25, -0.2) is 4.39 Å². The third-order valence-corrected chi connectivity index (χ3v) is 17.9.